The van der Waals surface area contributed by atoms with Gasteiger partial charge in [0.05, 0.1) is 22.7 Å². The largest absolute Gasteiger partial charge is 0.496 e. The van der Waals surface area contributed by atoms with E-state index in [0.29, 0.717) is 16.7 Å². The minimum absolute atomic E-state index is 0.0708. The molecular weight excluding hydrogens is 372 g/mol. The summed E-state index contributed by atoms with van der Waals surface area (Å²) in [7, 11) is -0.652. The van der Waals surface area contributed by atoms with E-state index in [9.17, 15) is 18.0 Å². The fourth-order valence-corrected chi connectivity index (χ4v) is 3.45. The van der Waals surface area contributed by atoms with Crippen LogP contribution in [0.25, 0.3) is 0 Å². The second-order valence-corrected chi connectivity index (χ2v) is 8.60. The fraction of sp³-hybridized carbons (Fsp3) is 0.684. The van der Waals surface area contributed by atoms with Gasteiger partial charge >= 0.3 is 13.3 Å². The molecule has 3 heterocycles. The van der Waals surface area contributed by atoms with Gasteiger partial charge in [-0.15, -0.1) is 0 Å². The minimum Gasteiger partial charge on any atom is -0.399 e. The lowest BCUT2D eigenvalue weighted by Crippen LogP contribution is -2.43. The summed E-state index contributed by atoms with van der Waals surface area (Å²) < 4.78 is 50.6. The predicted molar refractivity (Wildman–Crippen MR) is 99.4 cm³/mol. The van der Waals surface area contributed by atoms with Crippen LogP contribution in [0.15, 0.2) is 12.3 Å². The van der Waals surface area contributed by atoms with Crippen molar-refractivity contribution in [2.24, 2.45) is 5.92 Å². The molecule has 1 aromatic rings. The smallest absolute Gasteiger partial charge is 0.399 e. The number of amides is 1. The van der Waals surface area contributed by atoms with Gasteiger partial charge in [-0.2, -0.15) is 13.2 Å². The number of pyridine rings is 1. The number of halogens is 3. The Balaban J connectivity index is 1.77. The lowest BCUT2D eigenvalue weighted by Gasteiger charge is -2.33. The molecule has 2 aliphatic rings. The summed E-state index contributed by atoms with van der Waals surface area (Å²) in [6.07, 6.45) is -2.73. The van der Waals surface area contributed by atoms with Gasteiger partial charge in [0.15, 0.2) is 0 Å². The zero-order valence-electron chi connectivity index (χ0n) is 16.9. The molecule has 1 aromatic heterocycles. The number of piperidine rings is 1. The molecule has 0 spiro atoms. The van der Waals surface area contributed by atoms with E-state index in [2.05, 4.69) is 4.98 Å². The molecule has 2 saturated heterocycles. The second kappa shape index (κ2) is 7.02. The molecule has 0 aromatic carbocycles. The SMILES string of the molecule is Cc1ncc(B2OC(C)(C)C(C)(C)O2)cc1C(=O)N1CCC(C(F)(F)F)CC1. The van der Waals surface area contributed by atoms with Crippen molar-refractivity contribution in [2.75, 3.05) is 13.1 Å². The molecule has 3 rings (SSSR count). The number of aromatic nitrogens is 1. The summed E-state index contributed by atoms with van der Waals surface area (Å²) in [5.74, 6) is -1.64. The van der Waals surface area contributed by atoms with Crippen LogP contribution >= 0.6 is 0 Å². The molecule has 154 valence electrons. The van der Waals surface area contributed by atoms with Gasteiger partial charge in [0.2, 0.25) is 0 Å². The van der Waals surface area contributed by atoms with Crippen molar-refractivity contribution in [1.82, 2.24) is 9.88 Å². The van der Waals surface area contributed by atoms with E-state index < -0.39 is 30.4 Å². The first-order valence-electron chi connectivity index (χ1n) is 9.50. The van der Waals surface area contributed by atoms with Gasteiger partial charge in [0.1, 0.15) is 0 Å². The Morgan fingerprint density at radius 2 is 1.71 bits per heavy atom. The number of carbonyl (C=O) groups is 1. The normalized spacial score (nSPS) is 22.6. The van der Waals surface area contributed by atoms with Crippen molar-refractivity contribution in [3.63, 3.8) is 0 Å². The number of aryl methyl sites for hydroxylation is 1. The Morgan fingerprint density at radius 3 is 2.21 bits per heavy atom. The third kappa shape index (κ3) is 3.92. The maximum atomic E-state index is 12.9. The maximum absolute atomic E-state index is 12.9. The molecule has 0 N–H and O–H groups in total. The Hall–Kier alpha value is -1.61. The third-order valence-corrected chi connectivity index (χ3v) is 6.11. The molecule has 2 aliphatic heterocycles. The van der Waals surface area contributed by atoms with Gasteiger partial charge in [-0.1, -0.05) is 0 Å². The average Bonchev–Trinajstić information content (AvgIpc) is 2.82. The van der Waals surface area contributed by atoms with Crippen LogP contribution in [0.5, 0.6) is 0 Å². The first kappa shape index (κ1) is 21.1. The van der Waals surface area contributed by atoms with E-state index in [1.165, 1.54) is 4.90 Å². The lowest BCUT2D eigenvalue weighted by molar-refractivity contribution is -0.183. The van der Waals surface area contributed by atoms with Crippen LogP contribution in [0.1, 0.15) is 56.6 Å². The molecule has 0 aliphatic carbocycles. The molecule has 5 nitrogen and oxygen atoms in total. The number of nitrogens with zero attached hydrogens (tertiary/aromatic N) is 2. The van der Waals surface area contributed by atoms with Crippen molar-refractivity contribution >= 4 is 18.5 Å². The van der Waals surface area contributed by atoms with E-state index in [-0.39, 0.29) is 31.8 Å². The summed E-state index contributed by atoms with van der Waals surface area (Å²) >= 11 is 0. The van der Waals surface area contributed by atoms with Crippen molar-refractivity contribution in [2.45, 2.75) is 64.8 Å². The standard InChI is InChI=1S/C19H26BF3N2O3/c1-12-15(16(26)25-8-6-13(7-9-25)19(21,22)23)10-14(11-24-12)20-27-17(2,3)18(4,5)28-20/h10-11,13H,6-9H2,1-5H3. The molecule has 0 unspecified atom stereocenters. The van der Waals surface area contributed by atoms with E-state index >= 15 is 0 Å². The van der Waals surface area contributed by atoms with Gasteiger partial charge < -0.3 is 14.2 Å². The highest BCUT2D eigenvalue weighted by Crippen LogP contribution is 2.37. The molecule has 1 amide bonds. The minimum atomic E-state index is -4.21. The Bertz CT molecular complexity index is 743. The summed E-state index contributed by atoms with van der Waals surface area (Å²) in [6.45, 7) is 9.63. The third-order valence-electron chi connectivity index (χ3n) is 6.11. The number of hydrogen-bond acceptors (Lipinski definition) is 4. The number of likely N-dealkylation sites (tertiary alicyclic amines) is 1. The van der Waals surface area contributed by atoms with E-state index in [1.54, 1.807) is 19.2 Å². The quantitative estimate of drug-likeness (QED) is 0.719. The second-order valence-electron chi connectivity index (χ2n) is 8.60. The van der Waals surface area contributed by atoms with Crippen molar-refractivity contribution in [3.8, 4) is 0 Å². The highest BCUT2D eigenvalue weighted by atomic mass is 19.4. The number of carbonyl (C=O) groups excluding carboxylic acids is 1. The summed E-state index contributed by atoms with van der Waals surface area (Å²) in [5, 5.41) is 0. The molecular formula is C19H26BF3N2O3. The van der Waals surface area contributed by atoms with Crippen molar-refractivity contribution in [1.29, 1.82) is 0 Å². The van der Waals surface area contributed by atoms with Gasteiger partial charge in [-0.3, -0.25) is 9.78 Å². The summed E-state index contributed by atoms with van der Waals surface area (Å²) in [5.41, 5.74) is 0.483. The van der Waals surface area contributed by atoms with Gasteiger partial charge in [0.25, 0.3) is 5.91 Å². The first-order valence-corrected chi connectivity index (χ1v) is 9.50. The Labute approximate surface area is 163 Å². The summed E-state index contributed by atoms with van der Waals surface area (Å²) in [4.78, 5) is 18.7. The number of alkyl halides is 3. The molecule has 0 atom stereocenters. The highest BCUT2D eigenvalue weighted by molar-refractivity contribution is 6.62. The van der Waals surface area contributed by atoms with E-state index in [0.717, 1.165) is 0 Å². The molecule has 0 saturated carbocycles. The van der Waals surface area contributed by atoms with Crippen LogP contribution in [-0.2, 0) is 9.31 Å². The monoisotopic (exact) mass is 398 g/mol. The number of rotatable bonds is 2. The van der Waals surface area contributed by atoms with Crippen molar-refractivity contribution < 1.29 is 27.3 Å². The van der Waals surface area contributed by atoms with E-state index in [1.807, 2.05) is 27.7 Å². The molecule has 28 heavy (non-hydrogen) atoms. The van der Waals surface area contributed by atoms with E-state index in [4.69, 9.17) is 9.31 Å². The zero-order chi connectivity index (χ0) is 20.9. The highest BCUT2D eigenvalue weighted by Gasteiger charge is 2.52. The van der Waals surface area contributed by atoms with Crippen LogP contribution in [-0.4, -0.2) is 53.4 Å². The molecule has 2 fully saturated rings. The first-order chi connectivity index (χ1) is 12.8. The lowest BCUT2D eigenvalue weighted by atomic mass is 9.79. The average molecular weight is 398 g/mol. The van der Waals surface area contributed by atoms with Gasteiger partial charge in [-0.05, 0) is 53.5 Å². The van der Waals surface area contributed by atoms with Gasteiger partial charge in [-0.25, -0.2) is 0 Å². The van der Waals surface area contributed by atoms with Crippen LogP contribution in [0.4, 0.5) is 13.2 Å². The van der Waals surface area contributed by atoms with Gasteiger partial charge in [0, 0.05) is 30.4 Å². The van der Waals surface area contributed by atoms with Crippen molar-refractivity contribution in [3.05, 3.63) is 23.5 Å². The van der Waals surface area contributed by atoms with Crippen LogP contribution in [0.2, 0.25) is 0 Å². The van der Waals surface area contributed by atoms with Crippen LogP contribution < -0.4 is 5.46 Å². The fourth-order valence-electron chi connectivity index (χ4n) is 3.45. The topological polar surface area (TPSA) is 51.7 Å². The zero-order valence-corrected chi connectivity index (χ0v) is 16.9. The molecule has 0 bridgehead atoms. The molecule has 9 heteroatoms. The maximum Gasteiger partial charge on any atom is 0.496 e. The van der Waals surface area contributed by atoms with Crippen LogP contribution in [0, 0.1) is 12.8 Å². The molecule has 0 radical (unpaired) electrons. The predicted octanol–water partition coefficient (Wildman–Crippen LogP) is 3.10. The van der Waals surface area contributed by atoms with Crippen LogP contribution in [0.3, 0.4) is 0 Å². The Morgan fingerprint density at radius 1 is 1.18 bits per heavy atom. The number of hydrogen-bond donors (Lipinski definition) is 0. The summed E-state index contributed by atoms with van der Waals surface area (Å²) in [6, 6.07) is 1.68. The Kier molecular flexibility index (Phi) is 5.29.